The van der Waals surface area contributed by atoms with Crippen LogP contribution >= 0.6 is 11.6 Å². The Morgan fingerprint density at radius 2 is 1.90 bits per heavy atom. The minimum Gasteiger partial charge on any atom is -0.394 e. The first-order valence-corrected chi connectivity index (χ1v) is 7.31. The van der Waals surface area contributed by atoms with Gasteiger partial charge in [-0.05, 0) is 38.5 Å². The minimum atomic E-state index is -0.155. The smallest absolute Gasteiger partial charge is 0.125 e. The quantitative estimate of drug-likeness (QED) is 0.891. The number of hydrogen-bond acceptors (Lipinski definition) is 4. The van der Waals surface area contributed by atoms with E-state index in [9.17, 15) is 5.11 Å². The van der Waals surface area contributed by atoms with Crippen LogP contribution in [0, 0.1) is 13.8 Å². The van der Waals surface area contributed by atoms with Crippen LogP contribution in [0.25, 0.3) is 0 Å². The third kappa shape index (κ3) is 4.00. The maximum atomic E-state index is 9.63. The lowest BCUT2D eigenvalue weighted by molar-refractivity contribution is 0.235. The summed E-state index contributed by atoms with van der Waals surface area (Å²) in [7, 11) is 0. The second-order valence-electron chi connectivity index (χ2n) is 5.13. The monoisotopic (exact) mass is 305 g/mol. The molecule has 0 saturated carbocycles. The van der Waals surface area contributed by atoms with E-state index >= 15 is 0 Å². The van der Waals surface area contributed by atoms with Gasteiger partial charge < -0.3 is 10.4 Å². The molecule has 0 aliphatic rings. The lowest BCUT2D eigenvalue weighted by atomic mass is 10.0. The average molecular weight is 306 g/mol. The highest BCUT2D eigenvalue weighted by Crippen LogP contribution is 2.22. The van der Waals surface area contributed by atoms with Crippen molar-refractivity contribution in [3.05, 3.63) is 58.1 Å². The molecule has 0 amide bonds. The number of nitrogens with zero attached hydrogens (tertiary/aromatic N) is 2. The SMILES string of the molecule is Cc1ncc(C(C)NC(CO)c2ccc(Cl)cc2)c(C)n1. The van der Waals surface area contributed by atoms with Crippen LogP contribution in [0.15, 0.2) is 30.5 Å². The first kappa shape index (κ1) is 15.9. The molecule has 0 radical (unpaired) electrons. The van der Waals surface area contributed by atoms with Gasteiger partial charge in [-0.25, -0.2) is 9.97 Å². The lowest BCUT2D eigenvalue weighted by Gasteiger charge is -2.23. The predicted molar refractivity (Wildman–Crippen MR) is 84.3 cm³/mol. The van der Waals surface area contributed by atoms with Crippen molar-refractivity contribution in [3.63, 3.8) is 0 Å². The molecule has 2 aromatic rings. The van der Waals surface area contributed by atoms with E-state index < -0.39 is 0 Å². The molecule has 1 aromatic carbocycles. The molecule has 0 fully saturated rings. The molecule has 1 aromatic heterocycles. The van der Waals surface area contributed by atoms with E-state index in [1.165, 1.54) is 0 Å². The van der Waals surface area contributed by atoms with Gasteiger partial charge in [0, 0.05) is 28.5 Å². The normalized spacial score (nSPS) is 14.0. The fraction of sp³-hybridized carbons (Fsp3) is 0.375. The first-order valence-electron chi connectivity index (χ1n) is 6.93. The number of aromatic nitrogens is 2. The predicted octanol–water partition coefficient (Wildman–Crippen LogP) is 3.13. The zero-order valence-electron chi connectivity index (χ0n) is 12.5. The Kier molecular flexibility index (Phi) is 5.28. The van der Waals surface area contributed by atoms with Gasteiger partial charge in [0.05, 0.1) is 12.6 Å². The summed E-state index contributed by atoms with van der Waals surface area (Å²) in [6.45, 7) is 5.90. The highest BCUT2D eigenvalue weighted by Gasteiger charge is 2.16. The molecule has 0 saturated heterocycles. The van der Waals surface area contributed by atoms with Crippen LogP contribution in [0.1, 0.15) is 41.7 Å². The second kappa shape index (κ2) is 6.98. The summed E-state index contributed by atoms with van der Waals surface area (Å²) in [5, 5.41) is 13.7. The molecule has 4 nitrogen and oxygen atoms in total. The summed E-state index contributed by atoms with van der Waals surface area (Å²) in [4.78, 5) is 8.63. The number of rotatable bonds is 5. The van der Waals surface area contributed by atoms with Crippen molar-refractivity contribution >= 4 is 11.6 Å². The maximum absolute atomic E-state index is 9.63. The Morgan fingerprint density at radius 3 is 2.48 bits per heavy atom. The average Bonchev–Trinajstić information content (AvgIpc) is 2.45. The lowest BCUT2D eigenvalue weighted by Crippen LogP contribution is -2.28. The molecule has 0 spiro atoms. The molecule has 2 atom stereocenters. The molecule has 5 heteroatoms. The number of hydrogen-bond donors (Lipinski definition) is 2. The fourth-order valence-corrected chi connectivity index (χ4v) is 2.48. The van der Waals surface area contributed by atoms with Crippen molar-refractivity contribution in [2.24, 2.45) is 0 Å². The molecule has 2 N–H and O–H groups in total. The molecule has 112 valence electrons. The number of aliphatic hydroxyl groups excluding tert-OH is 1. The van der Waals surface area contributed by atoms with Gasteiger partial charge in [0.2, 0.25) is 0 Å². The topological polar surface area (TPSA) is 58.0 Å². The van der Waals surface area contributed by atoms with Crippen molar-refractivity contribution in [1.82, 2.24) is 15.3 Å². The third-order valence-corrected chi connectivity index (χ3v) is 3.76. The summed E-state index contributed by atoms with van der Waals surface area (Å²) >= 11 is 5.90. The van der Waals surface area contributed by atoms with Crippen molar-refractivity contribution < 1.29 is 5.11 Å². The zero-order chi connectivity index (χ0) is 15.4. The Labute approximate surface area is 130 Å². The van der Waals surface area contributed by atoms with Crippen LogP contribution in [-0.4, -0.2) is 21.7 Å². The Bertz CT molecular complexity index is 601. The van der Waals surface area contributed by atoms with Crippen molar-refractivity contribution in [2.75, 3.05) is 6.61 Å². The Hall–Kier alpha value is -1.49. The van der Waals surface area contributed by atoms with E-state index in [0.717, 1.165) is 22.6 Å². The van der Waals surface area contributed by atoms with E-state index in [1.807, 2.05) is 51.2 Å². The number of aryl methyl sites for hydroxylation is 2. The molecule has 0 bridgehead atoms. The first-order chi connectivity index (χ1) is 10.0. The zero-order valence-corrected chi connectivity index (χ0v) is 13.2. The van der Waals surface area contributed by atoms with Gasteiger partial charge in [0.15, 0.2) is 0 Å². The molecule has 2 unspecified atom stereocenters. The van der Waals surface area contributed by atoms with E-state index in [1.54, 1.807) is 0 Å². The molecular weight excluding hydrogens is 286 g/mol. The molecule has 0 aliphatic carbocycles. The largest absolute Gasteiger partial charge is 0.394 e. The summed E-state index contributed by atoms with van der Waals surface area (Å²) in [6.07, 6.45) is 1.84. The highest BCUT2D eigenvalue weighted by atomic mass is 35.5. The van der Waals surface area contributed by atoms with E-state index in [2.05, 4.69) is 15.3 Å². The maximum Gasteiger partial charge on any atom is 0.125 e. The number of aliphatic hydroxyl groups is 1. The molecular formula is C16H20ClN3O. The molecule has 2 rings (SSSR count). The van der Waals surface area contributed by atoms with Gasteiger partial charge in [0.1, 0.15) is 5.82 Å². The summed E-state index contributed by atoms with van der Waals surface area (Å²) in [5.74, 6) is 0.764. The molecule has 21 heavy (non-hydrogen) atoms. The second-order valence-corrected chi connectivity index (χ2v) is 5.57. The summed E-state index contributed by atoms with van der Waals surface area (Å²) in [5.41, 5.74) is 2.99. The van der Waals surface area contributed by atoms with Crippen LogP contribution in [0.5, 0.6) is 0 Å². The van der Waals surface area contributed by atoms with Gasteiger partial charge >= 0.3 is 0 Å². The van der Waals surface area contributed by atoms with Gasteiger partial charge in [-0.15, -0.1) is 0 Å². The van der Waals surface area contributed by atoms with Crippen LogP contribution in [0.3, 0.4) is 0 Å². The minimum absolute atomic E-state index is 0.0116. The van der Waals surface area contributed by atoms with Crippen molar-refractivity contribution in [3.8, 4) is 0 Å². The van der Waals surface area contributed by atoms with E-state index in [4.69, 9.17) is 11.6 Å². The van der Waals surface area contributed by atoms with Gasteiger partial charge in [-0.1, -0.05) is 23.7 Å². The van der Waals surface area contributed by atoms with Gasteiger partial charge in [-0.2, -0.15) is 0 Å². The standard InChI is InChI=1S/C16H20ClN3O/c1-10-15(8-18-12(3)19-10)11(2)20-16(9-21)13-4-6-14(17)7-5-13/h4-8,11,16,20-21H,9H2,1-3H3. The van der Waals surface area contributed by atoms with Crippen molar-refractivity contribution in [1.29, 1.82) is 0 Å². The molecule has 1 heterocycles. The summed E-state index contributed by atoms with van der Waals surface area (Å²) < 4.78 is 0. The third-order valence-electron chi connectivity index (χ3n) is 3.51. The number of nitrogens with one attached hydrogen (secondary N) is 1. The number of benzene rings is 1. The highest BCUT2D eigenvalue weighted by molar-refractivity contribution is 6.30. The van der Waals surface area contributed by atoms with Crippen LogP contribution in [0.4, 0.5) is 0 Å². The van der Waals surface area contributed by atoms with Gasteiger partial charge in [0.25, 0.3) is 0 Å². The van der Waals surface area contributed by atoms with Crippen molar-refractivity contribution in [2.45, 2.75) is 32.9 Å². The number of halogens is 1. The van der Waals surface area contributed by atoms with Crippen LogP contribution in [-0.2, 0) is 0 Å². The van der Waals surface area contributed by atoms with E-state index in [0.29, 0.717) is 5.02 Å². The van der Waals surface area contributed by atoms with Gasteiger partial charge in [-0.3, -0.25) is 0 Å². The fourth-order valence-electron chi connectivity index (χ4n) is 2.36. The van der Waals surface area contributed by atoms with Crippen LogP contribution < -0.4 is 5.32 Å². The molecule has 0 aliphatic heterocycles. The Balaban J connectivity index is 2.15. The summed E-state index contributed by atoms with van der Waals surface area (Å²) in [6, 6.07) is 7.37. The van der Waals surface area contributed by atoms with Crippen LogP contribution in [0.2, 0.25) is 5.02 Å². The van der Waals surface area contributed by atoms with E-state index in [-0.39, 0.29) is 18.7 Å². The Morgan fingerprint density at radius 1 is 1.24 bits per heavy atom.